The number of thioether (sulfide) groups is 1. The molecule has 7 nitrogen and oxygen atoms in total. The number of amides is 1. The third-order valence-corrected chi connectivity index (χ3v) is 7.78. The van der Waals surface area contributed by atoms with E-state index >= 15 is 0 Å². The smallest absolute Gasteiger partial charge is 0.233 e. The Morgan fingerprint density at radius 2 is 1.91 bits per heavy atom. The summed E-state index contributed by atoms with van der Waals surface area (Å²) in [4.78, 5) is 17.4. The van der Waals surface area contributed by atoms with Gasteiger partial charge in [-0.05, 0) is 49.8 Å². The number of morpholine rings is 1. The lowest BCUT2D eigenvalue weighted by Gasteiger charge is -2.44. The minimum Gasteiger partial charge on any atom is -0.378 e. The second-order valence-corrected chi connectivity index (χ2v) is 9.77. The van der Waals surface area contributed by atoms with Gasteiger partial charge in [-0.3, -0.25) is 9.36 Å². The summed E-state index contributed by atoms with van der Waals surface area (Å²) < 4.78 is 21.4. The largest absolute Gasteiger partial charge is 0.378 e. The van der Waals surface area contributed by atoms with Crippen LogP contribution in [-0.2, 0) is 9.53 Å². The minimum atomic E-state index is -0.312. The van der Waals surface area contributed by atoms with Crippen LogP contribution in [0.15, 0.2) is 29.4 Å². The Morgan fingerprint density at radius 3 is 2.75 bits per heavy atom. The molecule has 0 N–H and O–H groups in total. The summed E-state index contributed by atoms with van der Waals surface area (Å²) in [6.07, 6.45) is 7.23. The maximum Gasteiger partial charge on any atom is 0.233 e. The van der Waals surface area contributed by atoms with Crippen LogP contribution in [0.4, 0.5) is 10.3 Å². The Hall–Kier alpha value is -2.13. The zero-order valence-corrected chi connectivity index (χ0v) is 19.1. The van der Waals surface area contributed by atoms with Gasteiger partial charge in [0.05, 0.1) is 24.7 Å². The summed E-state index contributed by atoms with van der Waals surface area (Å²) in [5, 5.41) is 9.43. The van der Waals surface area contributed by atoms with E-state index < -0.39 is 0 Å². The molecule has 3 aliphatic rings. The number of aromatic nitrogens is 3. The highest BCUT2D eigenvalue weighted by Crippen LogP contribution is 2.36. The first-order valence-electron chi connectivity index (χ1n) is 11.7. The number of piperidine rings is 1. The Labute approximate surface area is 192 Å². The van der Waals surface area contributed by atoms with Crippen LogP contribution in [0.5, 0.6) is 0 Å². The summed E-state index contributed by atoms with van der Waals surface area (Å²) in [7, 11) is 0. The highest BCUT2D eigenvalue weighted by Gasteiger charge is 2.35. The number of benzene rings is 1. The highest BCUT2D eigenvalue weighted by molar-refractivity contribution is 7.99. The van der Waals surface area contributed by atoms with Crippen LogP contribution < -0.4 is 4.90 Å². The lowest BCUT2D eigenvalue weighted by molar-refractivity contribution is -0.134. The third-order valence-electron chi connectivity index (χ3n) is 6.86. The quantitative estimate of drug-likeness (QED) is 0.638. The van der Waals surface area contributed by atoms with Gasteiger partial charge in [-0.2, -0.15) is 0 Å². The molecule has 2 aromatic rings. The van der Waals surface area contributed by atoms with Crippen molar-refractivity contribution in [3.8, 4) is 5.69 Å². The minimum absolute atomic E-state index is 0.174. The van der Waals surface area contributed by atoms with Crippen molar-refractivity contribution >= 4 is 23.6 Å². The molecular weight excluding hydrogens is 429 g/mol. The molecule has 1 amide bonds. The summed E-state index contributed by atoms with van der Waals surface area (Å²) in [5.74, 6) is 1.51. The highest BCUT2D eigenvalue weighted by atomic mass is 32.2. The molecule has 2 atom stereocenters. The van der Waals surface area contributed by atoms with Crippen molar-refractivity contribution in [2.45, 2.75) is 49.7 Å². The second kappa shape index (κ2) is 9.79. The summed E-state index contributed by atoms with van der Waals surface area (Å²) in [6, 6.07) is 6.84. The molecule has 1 aromatic carbocycles. The van der Waals surface area contributed by atoms with Gasteiger partial charge < -0.3 is 14.5 Å². The second-order valence-electron chi connectivity index (χ2n) is 8.83. The van der Waals surface area contributed by atoms with Gasteiger partial charge in [0.1, 0.15) is 5.82 Å². The first kappa shape index (κ1) is 21.7. The Balaban J connectivity index is 1.36. The number of carbonyl (C=O) groups is 1. The SMILES string of the molecule is O=C(CSc1nnc(N2CCOCC2)n1-c1cccc(F)c1)N1CCC[C@@H]2CCCC[C@H]21. The summed E-state index contributed by atoms with van der Waals surface area (Å²) in [6.45, 7) is 3.50. The van der Waals surface area contributed by atoms with Crippen molar-refractivity contribution < 1.29 is 13.9 Å². The molecule has 9 heteroatoms. The number of rotatable bonds is 5. The fourth-order valence-electron chi connectivity index (χ4n) is 5.31. The Morgan fingerprint density at radius 1 is 1.09 bits per heavy atom. The number of halogens is 1. The van der Waals surface area contributed by atoms with E-state index in [4.69, 9.17) is 4.74 Å². The number of ether oxygens (including phenoxy) is 1. The van der Waals surface area contributed by atoms with E-state index in [0.29, 0.717) is 60.8 Å². The van der Waals surface area contributed by atoms with Crippen LogP contribution in [0.25, 0.3) is 5.69 Å². The van der Waals surface area contributed by atoms with E-state index in [9.17, 15) is 9.18 Å². The predicted molar refractivity (Wildman–Crippen MR) is 122 cm³/mol. The molecule has 2 saturated heterocycles. The zero-order valence-electron chi connectivity index (χ0n) is 18.3. The van der Waals surface area contributed by atoms with E-state index in [1.165, 1.54) is 49.6 Å². The average Bonchev–Trinajstić information content (AvgIpc) is 3.27. The van der Waals surface area contributed by atoms with Gasteiger partial charge >= 0.3 is 0 Å². The van der Waals surface area contributed by atoms with Crippen LogP contribution in [-0.4, -0.2) is 70.2 Å². The van der Waals surface area contributed by atoms with Crippen LogP contribution >= 0.6 is 11.8 Å². The maximum absolute atomic E-state index is 14.0. The van der Waals surface area contributed by atoms with Crippen LogP contribution in [0.1, 0.15) is 38.5 Å². The first-order valence-corrected chi connectivity index (χ1v) is 12.7. The molecule has 172 valence electrons. The van der Waals surface area contributed by atoms with Gasteiger partial charge in [-0.15, -0.1) is 10.2 Å². The molecule has 0 spiro atoms. The maximum atomic E-state index is 14.0. The Bertz CT molecular complexity index is 946. The molecule has 0 unspecified atom stereocenters. The number of hydrogen-bond donors (Lipinski definition) is 0. The number of anilines is 1. The molecular formula is C23H30FN5O2S. The van der Waals surface area contributed by atoms with E-state index in [0.717, 1.165) is 19.4 Å². The van der Waals surface area contributed by atoms with Crippen molar-refractivity contribution in [1.29, 1.82) is 0 Å². The molecule has 1 saturated carbocycles. The van der Waals surface area contributed by atoms with Gasteiger partial charge in [0.15, 0.2) is 5.16 Å². The molecule has 1 aliphatic carbocycles. The van der Waals surface area contributed by atoms with Gasteiger partial charge in [-0.1, -0.05) is 30.7 Å². The molecule has 0 radical (unpaired) electrons. The van der Waals surface area contributed by atoms with Crippen molar-refractivity contribution in [2.24, 2.45) is 5.92 Å². The standard InChI is InChI=1S/C23H30FN5O2S/c24-18-7-3-8-19(15-18)29-22(27-11-13-31-14-12-27)25-26-23(29)32-16-21(30)28-10-4-6-17-5-1-2-9-20(17)28/h3,7-8,15,17,20H,1-2,4-6,9-14,16H2/t17-,20+/m0/s1. The van der Waals surface area contributed by atoms with Gasteiger partial charge in [0.25, 0.3) is 0 Å². The molecule has 3 heterocycles. The zero-order chi connectivity index (χ0) is 21.9. The van der Waals surface area contributed by atoms with Gasteiger partial charge in [-0.25, -0.2) is 4.39 Å². The van der Waals surface area contributed by atoms with Crippen molar-refractivity contribution in [1.82, 2.24) is 19.7 Å². The molecule has 3 fully saturated rings. The van der Waals surface area contributed by atoms with E-state index in [-0.39, 0.29) is 11.7 Å². The molecule has 1 aromatic heterocycles. The third kappa shape index (κ3) is 4.50. The van der Waals surface area contributed by atoms with Gasteiger partial charge in [0.2, 0.25) is 11.9 Å². The number of carbonyl (C=O) groups excluding carboxylic acids is 1. The number of hydrogen-bond acceptors (Lipinski definition) is 6. The number of likely N-dealkylation sites (tertiary alicyclic amines) is 1. The van der Waals surface area contributed by atoms with Crippen molar-refractivity contribution in [3.05, 3.63) is 30.1 Å². The van der Waals surface area contributed by atoms with Crippen molar-refractivity contribution in [2.75, 3.05) is 43.5 Å². The molecule has 5 rings (SSSR count). The van der Waals surface area contributed by atoms with E-state index in [1.54, 1.807) is 6.07 Å². The monoisotopic (exact) mass is 459 g/mol. The summed E-state index contributed by atoms with van der Waals surface area (Å²) in [5.41, 5.74) is 0.664. The van der Waals surface area contributed by atoms with Crippen LogP contribution in [0, 0.1) is 11.7 Å². The van der Waals surface area contributed by atoms with Crippen LogP contribution in [0.2, 0.25) is 0 Å². The first-order chi connectivity index (χ1) is 15.7. The molecule has 32 heavy (non-hydrogen) atoms. The van der Waals surface area contributed by atoms with Crippen LogP contribution in [0.3, 0.4) is 0 Å². The normalized spacial score (nSPS) is 23.8. The average molecular weight is 460 g/mol. The number of nitrogens with zero attached hydrogens (tertiary/aromatic N) is 5. The lowest BCUT2D eigenvalue weighted by atomic mass is 9.78. The number of fused-ring (bicyclic) bond motifs is 1. The topological polar surface area (TPSA) is 63.5 Å². The molecule has 2 aliphatic heterocycles. The Kier molecular flexibility index (Phi) is 6.64. The predicted octanol–water partition coefficient (Wildman–Crippen LogP) is 3.52. The molecule has 0 bridgehead atoms. The fourth-order valence-corrected chi connectivity index (χ4v) is 6.14. The van der Waals surface area contributed by atoms with Gasteiger partial charge in [0, 0.05) is 25.7 Å². The lowest BCUT2D eigenvalue weighted by Crippen LogP contribution is -2.50. The summed E-state index contributed by atoms with van der Waals surface area (Å²) >= 11 is 1.39. The van der Waals surface area contributed by atoms with E-state index in [1.807, 2.05) is 10.6 Å². The fraction of sp³-hybridized carbons (Fsp3) is 0.609. The van der Waals surface area contributed by atoms with E-state index in [2.05, 4.69) is 20.0 Å². The van der Waals surface area contributed by atoms with Crippen molar-refractivity contribution in [3.63, 3.8) is 0 Å².